The third-order valence-corrected chi connectivity index (χ3v) is 5.23. The summed E-state index contributed by atoms with van der Waals surface area (Å²) >= 11 is 1.56. The number of piperidine rings is 1. The minimum Gasteiger partial charge on any atom is -0.444 e. The summed E-state index contributed by atoms with van der Waals surface area (Å²) in [6.07, 6.45) is 3.95. The molecule has 0 aliphatic carbocycles. The van der Waals surface area contributed by atoms with Gasteiger partial charge in [0.05, 0.1) is 4.88 Å². The Morgan fingerprint density at radius 1 is 1.30 bits per heavy atom. The van der Waals surface area contributed by atoms with E-state index in [-0.39, 0.29) is 17.9 Å². The zero-order valence-corrected chi connectivity index (χ0v) is 15.4. The molecule has 1 unspecified atom stereocenters. The van der Waals surface area contributed by atoms with Crippen LogP contribution in [0.2, 0.25) is 0 Å². The molecule has 1 aromatic rings. The SMILES string of the molecule is CCc1ccc(C(=O)CC2CCCCN2C(=O)OC(C)(C)C)s1. The number of likely N-dealkylation sites (tertiary alicyclic amines) is 1. The Morgan fingerprint density at radius 2 is 2.04 bits per heavy atom. The lowest BCUT2D eigenvalue weighted by molar-refractivity contribution is 0.00948. The molecule has 1 atom stereocenters. The summed E-state index contributed by atoms with van der Waals surface area (Å²) in [5.74, 6) is 0.134. The molecule has 1 fully saturated rings. The predicted molar refractivity (Wildman–Crippen MR) is 93.2 cm³/mol. The molecule has 1 amide bonds. The van der Waals surface area contributed by atoms with Crippen LogP contribution in [0.3, 0.4) is 0 Å². The van der Waals surface area contributed by atoms with E-state index in [2.05, 4.69) is 6.92 Å². The summed E-state index contributed by atoms with van der Waals surface area (Å²) < 4.78 is 5.49. The van der Waals surface area contributed by atoms with Gasteiger partial charge in [0.2, 0.25) is 0 Å². The second kappa shape index (κ2) is 7.47. The van der Waals surface area contributed by atoms with Gasteiger partial charge in [0.25, 0.3) is 0 Å². The molecule has 0 radical (unpaired) electrons. The van der Waals surface area contributed by atoms with Crippen LogP contribution >= 0.6 is 11.3 Å². The molecule has 0 aromatic carbocycles. The highest BCUT2D eigenvalue weighted by Gasteiger charge is 2.32. The molecular weight excluding hydrogens is 310 g/mol. The normalized spacial score (nSPS) is 18.8. The highest BCUT2D eigenvalue weighted by molar-refractivity contribution is 7.14. The molecule has 5 heteroatoms. The highest BCUT2D eigenvalue weighted by atomic mass is 32.1. The van der Waals surface area contributed by atoms with E-state index in [9.17, 15) is 9.59 Å². The molecular formula is C18H27NO3S. The average molecular weight is 337 g/mol. The van der Waals surface area contributed by atoms with Crippen molar-refractivity contribution in [3.63, 3.8) is 0 Å². The first-order valence-corrected chi connectivity index (χ1v) is 9.23. The number of carbonyl (C=O) groups excluding carboxylic acids is 2. The predicted octanol–water partition coefficient (Wildman–Crippen LogP) is 4.67. The fourth-order valence-electron chi connectivity index (χ4n) is 2.81. The second-order valence-corrected chi connectivity index (χ2v) is 8.24. The fourth-order valence-corrected chi connectivity index (χ4v) is 3.70. The molecule has 1 aromatic heterocycles. The summed E-state index contributed by atoms with van der Waals surface area (Å²) in [5, 5.41) is 0. The van der Waals surface area contributed by atoms with Crippen LogP contribution < -0.4 is 0 Å². The molecule has 23 heavy (non-hydrogen) atoms. The van der Waals surface area contributed by atoms with Crippen LogP contribution in [0.5, 0.6) is 0 Å². The van der Waals surface area contributed by atoms with E-state index in [1.807, 2.05) is 32.9 Å². The van der Waals surface area contributed by atoms with Crippen molar-refractivity contribution < 1.29 is 14.3 Å². The first-order chi connectivity index (χ1) is 10.8. The van der Waals surface area contributed by atoms with Crippen LogP contribution in [-0.4, -0.2) is 35.0 Å². The smallest absolute Gasteiger partial charge is 0.410 e. The van der Waals surface area contributed by atoms with Crippen LogP contribution in [-0.2, 0) is 11.2 Å². The molecule has 0 N–H and O–H groups in total. The first kappa shape index (κ1) is 18.0. The lowest BCUT2D eigenvalue weighted by atomic mass is 9.97. The zero-order chi connectivity index (χ0) is 17.0. The van der Waals surface area contributed by atoms with Gasteiger partial charge in [0.15, 0.2) is 5.78 Å². The van der Waals surface area contributed by atoms with Crippen LogP contribution in [0.25, 0.3) is 0 Å². The van der Waals surface area contributed by atoms with Crippen LogP contribution in [0.1, 0.15) is 67.9 Å². The van der Waals surface area contributed by atoms with Gasteiger partial charge in [-0.1, -0.05) is 6.92 Å². The maximum atomic E-state index is 12.5. The fraction of sp³-hybridized carbons (Fsp3) is 0.667. The Kier molecular flexibility index (Phi) is 5.84. The maximum Gasteiger partial charge on any atom is 0.410 e. The lowest BCUT2D eigenvalue weighted by Gasteiger charge is -2.36. The van der Waals surface area contributed by atoms with Gasteiger partial charge in [-0.15, -0.1) is 11.3 Å². The summed E-state index contributed by atoms with van der Waals surface area (Å²) in [7, 11) is 0. The number of ketones is 1. The van der Waals surface area contributed by atoms with E-state index < -0.39 is 5.60 Å². The number of hydrogen-bond donors (Lipinski definition) is 0. The van der Waals surface area contributed by atoms with Crippen LogP contribution in [0, 0.1) is 0 Å². The lowest BCUT2D eigenvalue weighted by Crippen LogP contribution is -2.46. The molecule has 1 saturated heterocycles. The van der Waals surface area contributed by atoms with E-state index in [0.29, 0.717) is 13.0 Å². The van der Waals surface area contributed by atoms with E-state index in [4.69, 9.17) is 4.74 Å². The third kappa shape index (κ3) is 5.06. The largest absolute Gasteiger partial charge is 0.444 e. The number of thiophene rings is 1. The second-order valence-electron chi connectivity index (χ2n) is 7.07. The molecule has 1 aliphatic heterocycles. The number of Topliss-reactive ketones (excluding diaryl/α,β-unsaturated/α-hetero) is 1. The molecule has 2 rings (SSSR count). The van der Waals surface area contributed by atoms with Gasteiger partial charge in [-0.2, -0.15) is 0 Å². The standard InChI is InChI=1S/C18H27NO3S/c1-5-14-9-10-16(23-14)15(20)12-13-8-6-7-11-19(13)17(21)22-18(2,3)4/h9-10,13H,5-8,11-12H2,1-4H3. The number of carbonyl (C=O) groups is 2. The van der Waals surface area contributed by atoms with Gasteiger partial charge >= 0.3 is 6.09 Å². The average Bonchev–Trinajstić information content (AvgIpc) is 2.95. The summed E-state index contributed by atoms with van der Waals surface area (Å²) in [5.41, 5.74) is -0.507. The van der Waals surface area contributed by atoms with Gasteiger partial charge < -0.3 is 9.64 Å². The van der Waals surface area contributed by atoms with Crippen molar-refractivity contribution >= 4 is 23.2 Å². The Labute approximate surface area is 142 Å². The van der Waals surface area contributed by atoms with E-state index in [1.165, 1.54) is 4.88 Å². The number of nitrogens with zero attached hydrogens (tertiary/aromatic N) is 1. The van der Waals surface area contributed by atoms with Crippen molar-refractivity contribution in [1.29, 1.82) is 0 Å². The zero-order valence-electron chi connectivity index (χ0n) is 14.6. The summed E-state index contributed by atoms with van der Waals surface area (Å²) in [6.45, 7) is 8.37. The first-order valence-electron chi connectivity index (χ1n) is 8.41. The van der Waals surface area contributed by atoms with Gasteiger partial charge in [-0.3, -0.25) is 4.79 Å². The van der Waals surface area contributed by atoms with Gasteiger partial charge in [-0.05, 0) is 58.6 Å². The quantitative estimate of drug-likeness (QED) is 0.750. The van der Waals surface area contributed by atoms with Crippen molar-refractivity contribution in [2.75, 3.05) is 6.54 Å². The highest BCUT2D eigenvalue weighted by Crippen LogP contribution is 2.26. The molecule has 2 heterocycles. The minimum atomic E-state index is -0.507. The van der Waals surface area contributed by atoms with Crippen molar-refractivity contribution in [2.24, 2.45) is 0 Å². The maximum absolute atomic E-state index is 12.5. The van der Waals surface area contributed by atoms with Gasteiger partial charge in [0, 0.05) is 23.9 Å². The van der Waals surface area contributed by atoms with Crippen molar-refractivity contribution in [3.8, 4) is 0 Å². The Bertz CT molecular complexity index is 559. The molecule has 0 saturated carbocycles. The molecule has 0 bridgehead atoms. The van der Waals surface area contributed by atoms with Crippen LogP contribution in [0.4, 0.5) is 4.79 Å². The van der Waals surface area contributed by atoms with Gasteiger partial charge in [0.1, 0.15) is 5.60 Å². The minimum absolute atomic E-state index is 0.0433. The Hall–Kier alpha value is -1.36. The molecule has 4 nitrogen and oxygen atoms in total. The van der Waals surface area contributed by atoms with Crippen molar-refractivity contribution in [2.45, 2.75) is 71.4 Å². The summed E-state index contributed by atoms with van der Waals surface area (Å²) in [6, 6.07) is 3.88. The third-order valence-electron chi connectivity index (χ3n) is 3.96. The Balaban J connectivity index is 2.03. The van der Waals surface area contributed by atoms with Crippen molar-refractivity contribution in [1.82, 2.24) is 4.90 Å². The topological polar surface area (TPSA) is 46.6 Å². The van der Waals surface area contributed by atoms with Crippen LogP contribution in [0.15, 0.2) is 12.1 Å². The monoisotopic (exact) mass is 337 g/mol. The molecule has 128 valence electrons. The van der Waals surface area contributed by atoms with Gasteiger partial charge in [-0.25, -0.2) is 4.79 Å². The van der Waals surface area contributed by atoms with E-state index in [0.717, 1.165) is 30.6 Å². The number of hydrogen-bond acceptors (Lipinski definition) is 4. The molecule has 0 spiro atoms. The Morgan fingerprint density at radius 3 is 2.65 bits per heavy atom. The van der Waals surface area contributed by atoms with E-state index >= 15 is 0 Å². The number of ether oxygens (including phenoxy) is 1. The summed E-state index contributed by atoms with van der Waals surface area (Å²) in [4.78, 5) is 28.7. The van der Waals surface area contributed by atoms with Crippen molar-refractivity contribution in [3.05, 3.63) is 21.9 Å². The van der Waals surface area contributed by atoms with E-state index in [1.54, 1.807) is 16.2 Å². The number of amides is 1. The number of aryl methyl sites for hydroxylation is 1. The number of rotatable bonds is 4. The molecule has 1 aliphatic rings.